The van der Waals surface area contributed by atoms with Gasteiger partial charge in [-0.3, -0.25) is 29.0 Å². The van der Waals surface area contributed by atoms with Gasteiger partial charge in [0.25, 0.3) is 11.8 Å². The molecule has 0 spiro atoms. The quantitative estimate of drug-likeness (QED) is 0.229. The second-order valence-corrected chi connectivity index (χ2v) is 12.0. The number of piperidine rings is 1. The fourth-order valence-corrected chi connectivity index (χ4v) is 6.16. The van der Waals surface area contributed by atoms with Gasteiger partial charge >= 0.3 is 0 Å². The van der Waals surface area contributed by atoms with Gasteiger partial charge in [0.2, 0.25) is 17.6 Å². The lowest BCUT2D eigenvalue weighted by Crippen LogP contribution is -2.55. The number of rotatable bonds is 12. The van der Waals surface area contributed by atoms with Crippen LogP contribution in [0.3, 0.4) is 0 Å². The molecular weight excluding hydrogens is 572 g/mol. The van der Waals surface area contributed by atoms with E-state index in [-0.39, 0.29) is 30.5 Å². The van der Waals surface area contributed by atoms with Gasteiger partial charge < -0.3 is 21.3 Å². The van der Waals surface area contributed by atoms with Crippen LogP contribution in [0.1, 0.15) is 73.8 Å². The Morgan fingerprint density at radius 2 is 1.56 bits per heavy atom. The molecule has 236 valence electrons. The van der Waals surface area contributed by atoms with E-state index in [1.54, 1.807) is 18.2 Å². The van der Waals surface area contributed by atoms with E-state index in [2.05, 4.69) is 31.2 Å². The van der Waals surface area contributed by atoms with Gasteiger partial charge in [-0.1, -0.05) is 74.6 Å². The van der Waals surface area contributed by atoms with E-state index in [4.69, 9.17) is 0 Å². The maximum atomic E-state index is 13.9. The molecule has 1 aliphatic heterocycles. The van der Waals surface area contributed by atoms with Crippen molar-refractivity contribution in [1.29, 1.82) is 0 Å². The number of carbonyl (C=O) groups is 5. The Kier molecular flexibility index (Phi) is 10.8. The molecule has 3 aromatic rings. The minimum absolute atomic E-state index is 0.0184. The fourth-order valence-electron chi connectivity index (χ4n) is 6.16. The third-order valence-electron chi connectivity index (χ3n) is 8.67. The second-order valence-electron chi connectivity index (χ2n) is 12.0. The Bertz CT molecular complexity index is 1520. The average Bonchev–Trinajstić information content (AvgIpc) is 3.07. The summed E-state index contributed by atoms with van der Waals surface area (Å²) in [7, 11) is 0. The third kappa shape index (κ3) is 8.71. The molecule has 1 saturated heterocycles. The summed E-state index contributed by atoms with van der Waals surface area (Å²) in [6.07, 6.45) is 8.09. The van der Waals surface area contributed by atoms with Gasteiger partial charge in [0.05, 0.1) is 23.3 Å². The minimum atomic E-state index is -1.24. The van der Waals surface area contributed by atoms with Crippen molar-refractivity contribution in [3.63, 3.8) is 0 Å². The van der Waals surface area contributed by atoms with Crippen molar-refractivity contribution in [1.82, 2.24) is 31.2 Å². The monoisotopic (exact) mass is 612 g/mol. The smallest absolute Gasteiger partial charge is 0.289 e. The Morgan fingerprint density at radius 1 is 0.822 bits per heavy atom. The molecule has 5 rings (SSSR count). The Hall–Kier alpha value is -4.67. The lowest BCUT2D eigenvalue weighted by molar-refractivity contribution is -0.141. The molecule has 0 radical (unpaired) electrons. The van der Waals surface area contributed by atoms with Gasteiger partial charge in [0.15, 0.2) is 0 Å². The number of hydrogen-bond donors (Lipinski definition) is 4. The van der Waals surface area contributed by atoms with E-state index in [0.29, 0.717) is 30.4 Å². The zero-order valence-corrected chi connectivity index (χ0v) is 25.3. The molecule has 2 fully saturated rings. The van der Waals surface area contributed by atoms with Gasteiger partial charge in [-0.25, -0.2) is 4.98 Å². The molecule has 2 aromatic carbocycles. The van der Waals surface area contributed by atoms with Crippen LogP contribution >= 0.6 is 0 Å². The largest absolute Gasteiger partial charge is 0.356 e. The third-order valence-corrected chi connectivity index (χ3v) is 8.67. The van der Waals surface area contributed by atoms with Crippen LogP contribution in [0.2, 0.25) is 0 Å². The number of amides is 4. The number of carbonyl (C=O) groups excluding carboxylic acids is 5. The second kappa shape index (κ2) is 15.4. The maximum Gasteiger partial charge on any atom is 0.289 e. The number of ketones is 1. The van der Waals surface area contributed by atoms with Crippen LogP contribution < -0.4 is 21.3 Å². The molecule has 0 unspecified atom stereocenters. The zero-order valence-electron chi connectivity index (χ0n) is 25.3. The summed E-state index contributed by atoms with van der Waals surface area (Å²) in [5.41, 5.74) is 2.08. The number of Topliss-reactive ketones (excluding diaryl/α,β-unsaturated/α-hetero) is 1. The van der Waals surface area contributed by atoms with Crippen LogP contribution in [0.4, 0.5) is 0 Å². The standard InChI is InChI=1S/C34H40N6O5/c41-30(34(45)37-20-23-12-5-2-6-13-23)27(19-24-14-9-17-35-31(24)42)39-32(43)28(18-22-10-3-1-4-11-22)40-33(44)29-21-36-25-15-7-8-16-26(25)38-29/h2,5-8,12-13,15-16,21-22,24,27-28H,1,3-4,9-11,14,17-20H2,(H,35,42)(H,37,45)(H,39,43)(H,40,44)/t24-,27-,28-/m0/s1. The van der Waals surface area contributed by atoms with Crippen LogP contribution in [0.5, 0.6) is 0 Å². The van der Waals surface area contributed by atoms with Crippen molar-refractivity contribution in [2.45, 2.75) is 76.4 Å². The molecule has 3 atom stereocenters. The van der Waals surface area contributed by atoms with Gasteiger partial charge in [-0.15, -0.1) is 0 Å². The van der Waals surface area contributed by atoms with E-state index in [0.717, 1.165) is 44.1 Å². The number of nitrogens with zero attached hydrogens (tertiary/aromatic N) is 2. The van der Waals surface area contributed by atoms with E-state index in [1.165, 1.54) is 6.20 Å². The summed E-state index contributed by atoms with van der Waals surface area (Å²) in [5, 5.41) is 11.0. The molecule has 2 aliphatic rings. The Morgan fingerprint density at radius 3 is 2.31 bits per heavy atom. The number of para-hydroxylation sites is 2. The predicted octanol–water partition coefficient (Wildman–Crippen LogP) is 2.99. The summed E-state index contributed by atoms with van der Waals surface area (Å²) in [5.74, 6) is -3.34. The fraction of sp³-hybridized carbons (Fsp3) is 0.441. The molecule has 4 amide bonds. The maximum absolute atomic E-state index is 13.9. The summed E-state index contributed by atoms with van der Waals surface area (Å²) in [4.78, 5) is 75.1. The van der Waals surface area contributed by atoms with Gasteiger partial charge in [0, 0.05) is 19.0 Å². The first-order valence-corrected chi connectivity index (χ1v) is 15.8. The predicted molar refractivity (Wildman–Crippen MR) is 168 cm³/mol. The number of nitrogens with one attached hydrogen (secondary N) is 4. The number of aromatic nitrogens is 2. The van der Waals surface area contributed by atoms with Crippen molar-refractivity contribution in [2.75, 3.05) is 6.54 Å². The highest BCUT2D eigenvalue weighted by molar-refractivity contribution is 6.38. The van der Waals surface area contributed by atoms with Gasteiger partial charge in [-0.05, 0) is 49.3 Å². The van der Waals surface area contributed by atoms with Gasteiger partial charge in [-0.2, -0.15) is 0 Å². The number of fused-ring (bicyclic) bond motifs is 1. The van der Waals surface area contributed by atoms with Crippen LogP contribution in [-0.4, -0.2) is 58.0 Å². The molecule has 45 heavy (non-hydrogen) atoms. The van der Waals surface area contributed by atoms with Crippen LogP contribution in [0, 0.1) is 11.8 Å². The van der Waals surface area contributed by atoms with Gasteiger partial charge in [0.1, 0.15) is 11.7 Å². The molecule has 11 heteroatoms. The van der Waals surface area contributed by atoms with Crippen LogP contribution in [0.15, 0.2) is 60.8 Å². The molecule has 1 aliphatic carbocycles. The molecule has 11 nitrogen and oxygen atoms in total. The number of hydrogen-bond acceptors (Lipinski definition) is 7. The lowest BCUT2D eigenvalue weighted by atomic mass is 9.84. The highest BCUT2D eigenvalue weighted by Gasteiger charge is 2.35. The first-order valence-electron chi connectivity index (χ1n) is 15.8. The first-order chi connectivity index (χ1) is 21.9. The summed E-state index contributed by atoms with van der Waals surface area (Å²) < 4.78 is 0. The van der Waals surface area contributed by atoms with Crippen molar-refractivity contribution < 1.29 is 24.0 Å². The highest BCUT2D eigenvalue weighted by atomic mass is 16.2. The summed E-state index contributed by atoms with van der Waals surface area (Å²) in [6.45, 7) is 0.689. The Balaban J connectivity index is 1.33. The van der Waals surface area contributed by atoms with Crippen LogP contribution in [-0.2, 0) is 25.7 Å². The number of benzene rings is 2. The average molecular weight is 613 g/mol. The molecule has 0 bridgehead atoms. The van der Waals surface area contributed by atoms with Crippen LogP contribution in [0.25, 0.3) is 11.0 Å². The molecular formula is C34H40N6O5. The molecule has 2 heterocycles. The molecule has 4 N–H and O–H groups in total. The normalized spacial score (nSPS) is 18.3. The first kappa shape index (κ1) is 31.7. The highest BCUT2D eigenvalue weighted by Crippen LogP contribution is 2.28. The van der Waals surface area contributed by atoms with Crippen molar-refractivity contribution in [3.05, 3.63) is 72.1 Å². The molecule has 1 aromatic heterocycles. The minimum Gasteiger partial charge on any atom is -0.356 e. The van der Waals surface area contributed by atoms with Crippen molar-refractivity contribution >= 4 is 40.4 Å². The summed E-state index contributed by atoms with van der Waals surface area (Å²) in [6, 6.07) is 14.1. The lowest BCUT2D eigenvalue weighted by Gasteiger charge is -2.29. The van der Waals surface area contributed by atoms with E-state index < -0.39 is 41.5 Å². The topological polar surface area (TPSA) is 159 Å². The zero-order chi connectivity index (χ0) is 31.6. The van der Waals surface area contributed by atoms with E-state index in [1.807, 2.05) is 36.4 Å². The molecule has 1 saturated carbocycles. The SMILES string of the molecule is O=C(NCc1ccccc1)C(=O)[C@H](C[C@@H]1CCCNC1=O)NC(=O)[C@H](CC1CCCCC1)NC(=O)c1cnc2ccccc2n1. The van der Waals surface area contributed by atoms with E-state index >= 15 is 0 Å². The van der Waals surface area contributed by atoms with Crippen molar-refractivity contribution in [3.8, 4) is 0 Å². The van der Waals surface area contributed by atoms with Crippen molar-refractivity contribution in [2.24, 2.45) is 11.8 Å². The van der Waals surface area contributed by atoms with E-state index in [9.17, 15) is 24.0 Å². The summed E-state index contributed by atoms with van der Waals surface area (Å²) >= 11 is 0. The Labute approximate surface area is 262 Å².